The molecule has 5 unspecified atom stereocenters. The van der Waals surface area contributed by atoms with Gasteiger partial charge in [-0.1, -0.05) is 77.0 Å². The number of nitrogens with zero attached hydrogens (tertiary/aromatic N) is 1. The molecule has 0 saturated carbocycles. The minimum absolute atomic E-state index is 0.0956. The molecule has 5 N–H and O–H groups in total. The summed E-state index contributed by atoms with van der Waals surface area (Å²) < 4.78 is 17.2. The zero-order valence-electron chi connectivity index (χ0n) is 27.5. The molecule has 1 saturated heterocycles. The number of aliphatic hydroxyl groups excluding tert-OH is 1. The molecule has 0 bridgehead atoms. The summed E-state index contributed by atoms with van der Waals surface area (Å²) in [6.45, 7) is 0.575. The molecule has 46 heavy (non-hydrogen) atoms. The van der Waals surface area contributed by atoms with E-state index >= 15 is 0 Å². The molecule has 266 valence electrons. The van der Waals surface area contributed by atoms with Gasteiger partial charge in [0, 0.05) is 45.3 Å². The number of amides is 3. The van der Waals surface area contributed by atoms with Crippen LogP contribution in [0.1, 0.15) is 116 Å². The molecule has 1 aliphatic rings. The molecule has 13 nitrogen and oxygen atoms in total. The van der Waals surface area contributed by atoms with Gasteiger partial charge >= 0.3 is 5.97 Å². The molecule has 1 heterocycles. The van der Waals surface area contributed by atoms with Gasteiger partial charge in [0.2, 0.25) is 18.2 Å². The quantitative estimate of drug-likeness (QED) is 0.0324. The number of aliphatic hydroxyl groups is 1. The zero-order chi connectivity index (χ0) is 33.8. The van der Waals surface area contributed by atoms with Gasteiger partial charge in [-0.2, -0.15) is 0 Å². The maximum absolute atomic E-state index is 12.1. The third-order valence-corrected chi connectivity index (χ3v) is 8.34. The number of ether oxygens (including phenoxy) is 2. The zero-order valence-corrected chi connectivity index (χ0v) is 28.5. The highest BCUT2D eigenvalue weighted by Gasteiger charge is 2.48. The van der Waals surface area contributed by atoms with Crippen LogP contribution in [-0.2, 0) is 33.2 Å². The van der Waals surface area contributed by atoms with Crippen LogP contribution < -0.4 is 10.6 Å². The number of likely N-dealkylation sites (N-methyl/N-ethyl adjacent to an activating group) is 1. The van der Waals surface area contributed by atoms with Crippen LogP contribution in [0, 0.1) is 0 Å². The number of carboxylic acid groups (broad SMARTS) is 1. The van der Waals surface area contributed by atoms with E-state index in [1.165, 1.54) is 57.8 Å². The molecular weight excluding hydrogens is 617 g/mol. The van der Waals surface area contributed by atoms with Crippen molar-refractivity contribution in [2.45, 2.75) is 140 Å². The fourth-order valence-corrected chi connectivity index (χ4v) is 5.75. The van der Waals surface area contributed by atoms with E-state index in [4.69, 9.17) is 19.1 Å². The van der Waals surface area contributed by atoms with Gasteiger partial charge in [0.05, 0.1) is 6.61 Å². The summed E-state index contributed by atoms with van der Waals surface area (Å²) >= 11 is 0. The number of hydrogen-bond donors (Lipinski definition) is 5. The Hall–Kier alpha value is -2.15. The van der Waals surface area contributed by atoms with Crippen LogP contribution in [0.15, 0.2) is 12.3 Å². The Kier molecular flexibility index (Phi) is 25.4. The van der Waals surface area contributed by atoms with Gasteiger partial charge in [0.25, 0.3) is 0 Å². The molecule has 0 radical (unpaired) electrons. The lowest BCUT2D eigenvalue weighted by Crippen LogP contribution is -2.43. The number of nitrogens with one attached hydrogen (secondary N) is 2. The molecule has 0 spiro atoms. The van der Waals surface area contributed by atoms with E-state index in [1.54, 1.807) is 0 Å². The number of carbonyl (C=O) groups is 4. The Morgan fingerprint density at radius 3 is 1.96 bits per heavy atom. The Labute approximate surface area is 276 Å². The van der Waals surface area contributed by atoms with Crippen LogP contribution in [0.3, 0.4) is 0 Å². The Morgan fingerprint density at radius 1 is 0.848 bits per heavy atom. The molecule has 1 aliphatic heterocycles. The minimum atomic E-state index is -0.947. The topological polar surface area (TPSA) is 184 Å². The van der Waals surface area contributed by atoms with Gasteiger partial charge in [0.15, 0.2) is 15.3 Å². The number of carboxylic acids is 1. The Balaban J connectivity index is 2.12. The maximum atomic E-state index is 12.1. The number of aliphatic carboxylic acids is 1. The van der Waals surface area contributed by atoms with Gasteiger partial charge in [-0.05, 0) is 25.7 Å². The largest absolute Gasteiger partial charge is 0.481 e. The van der Waals surface area contributed by atoms with Crippen molar-refractivity contribution in [2.75, 3.05) is 26.8 Å². The van der Waals surface area contributed by atoms with Gasteiger partial charge in [0.1, 0.15) is 18.3 Å². The standard InChI is InChI=1S/C32H58N3O10P/c1-33-27(38)20-22-35(25-37)32-31(30(45-46-42)26(24-36)44-32)43-23-17-13-12-16-21-34-28(39)18-14-10-8-6-4-2-3-5-7-9-11-15-19-29(40)41/h20,22,25-26,30-32,36,42,46H,2-19,21,23-24H2,1H3,(H,33,38)(H,34,39)(H,40,41)/b22-20-. The molecule has 3 amide bonds. The first-order chi connectivity index (χ1) is 22.4. The van der Waals surface area contributed by atoms with Gasteiger partial charge in [-0.25, -0.2) is 0 Å². The van der Waals surface area contributed by atoms with Crippen LogP contribution in [0.4, 0.5) is 0 Å². The predicted molar refractivity (Wildman–Crippen MR) is 176 cm³/mol. The van der Waals surface area contributed by atoms with Gasteiger partial charge in [-0.3, -0.25) is 24.1 Å². The van der Waals surface area contributed by atoms with Crippen molar-refractivity contribution in [1.29, 1.82) is 0 Å². The molecule has 1 rings (SSSR count). The average Bonchev–Trinajstić information content (AvgIpc) is 3.39. The van der Waals surface area contributed by atoms with Crippen molar-refractivity contribution in [3.05, 3.63) is 12.3 Å². The van der Waals surface area contributed by atoms with E-state index in [0.29, 0.717) is 26.0 Å². The number of hydrogen-bond acceptors (Lipinski definition) is 9. The summed E-state index contributed by atoms with van der Waals surface area (Å²) in [5.74, 6) is -1.01. The lowest BCUT2D eigenvalue weighted by atomic mass is 10.0. The summed E-state index contributed by atoms with van der Waals surface area (Å²) in [5.41, 5.74) is 0. The van der Waals surface area contributed by atoms with E-state index in [-0.39, 0.29) is 12.3 Å². The van der Waals surface area contributed by atoms with E-state index in [2.05, 4.69) is 10.6 Å². The second-order valence-corrected chi connectivity index (χ2v) is 12.1. The van der Waals surface area contributed by atoms with Gasteiger partial charge in [-0.15, -0.1) is 0 Å². The fraction of sp³-hybridized carbons (Fsp3) is 0.812. The smallest absolute Gasteiger partial charge is 0.303 e. The molecule has 5 atom stereocenters. The molecule has 0 aliphatic carbocycles. The SMILES string of the molecule is CNC(=O)/C=C\N(C=O)C1OC(CO)C(OPO)C1OCCCCCCNC(=O)CCCCCCCCCCCCCCC(=O)O. The van der Waals surface area contributed by atoms with E-state index in [0.717, 1.165) is 69.1 Å². The second kappa shape index (κ2) is 27.9. The van der Waals surface area contributed by atoms with Crippen molar-refractivity contribution in [1.82, 2.24) is 15.5 Å². The second-order valence-electron chi connectivity index (χ2n) is 11.6. The molecule has 14 heteroatoms. The Bertz CT molecular complexity index is 866. The third kappa shape index (κ3) is 19.5. The Morgan fingerprint density at radius 2 is 1.41 bits per heavy atom. The van der Waals surface area contributed by atoms with Crippen LogP contribution in [0.25, 0.3) is 0 Å². The first kappa shape index (κ1) is 41.9. The first-order valence-corrected chi connectivity index (χ1v) is 17.8. The molecule has 1 fully saturated rings. The molecule has 0 aromatic carbocycles. The average molecular weight is 676 g/mol. The number of carbonyl (C=O) groups excluding carboxylic acids is 3. The summed E-state index contributed by atoms with van der Waals surface area (Å²) in [6.07, 6.45) is 17.2. The van der Waals surface area contributed by atoms with Crippen molar-refractivity contribution in [2.24, 2.45) is 0 Å². The van der Waals surface area contributed by atoms with Crippen molar-refractivity contribution >= 4 is 33.2 Å². The lowest BCUT2D eigenvalue weighted by Gasteiger charge is -2.27. The van der Waals surface area contributed by atoms with Crippen LogP contribution >= 0.6 is 9.03 Å². The van der Waals surface area contributed by atoms with E-state index in [9.17, 15) is 29.2 Å². The summed E-state index contributed by atoms with van der Waals surface area (Å²) in [4.78, 5) is 56.4. The van der Waals surface area contributed by atoms with Crippen LogP contribution in [0.5, 0.6) is 0 Å². The number of rotatable bonds is 30. The highest BCUT2D eigenvalue weighted by atomic mass is 31.1. The van der Waals surface area contributed by atoms with Crippen molar-refractivity contribution < 1.29 is 48.3 Å². The van der Waals surface area contributed by atoms with Crippen LogP contribution in [-0.4, -0.2) is 95.5 Å². The van der Waals surface area contributed by atoms with Gasteiger partial charge < -0.3 is 39.7 Å². The summed E-state index contributed by atoms with van der Waals surface area (Å²) in [6, 6.07) is 0. The molecule has 0 aromatic rings. The third-order valence-electron chi connectivity index (χ3n) is 7.96. The van der Waals surface area contributed by atoms with E-state index < -0.39 is 52.1 Å². The highest BCUT2D eigenvalue weighted by molar-refractivity contribution is 7.25. The molecule has 0 aromatic heterocycles. The maximum Gasteiger partial charge on any atom is 0.303 e. The van der Waals surface area contributed by atoms with E-state index in [1.807, 2.05) is 0 Å². The van der Waals surface area contributed by atoms with Crippen molar-refractivity contribution in [3.63, 3.8) is 0 Å². The predicted octanol–water partition coefficient (Wildman–Crippen LogP) is 3.92. The number of unbranched alkanes of at least 4 members (excludes halogenated alkanes) is 14. The van der Waals surface area contributed by atoms with Crippen LogP contribution in [0.2, 0.25) is 0 Å². The minimum Gasteiger partial charge on any atom is -0.481 e. The first-order valence-electron chi connectivity index (χ1n) is 16.9. The lowest BCUT2D eigenvalue weighted by molar-refractivity contribution is -0.137. The summed E-state index contributed by atoms with van der Waals surface area (Å²) in [7, 11) is 0.605. The monoisotopic (exact) mass is 675 g/mol. The fourth-order valence-electron chi connectivity index (χ4n) is 5.34. The normalized spacial score (nSPS) is 19.6. The summed E-state index contributed by atoms with van der Waals surface area (Å²) in [5, 5.41) is 23.8. The molecular formula is C32H58N3O10P. The highest BCUT2D eigenvalue weighted by Crippen LogP contribution is 2.32. The van der Waals surface area contributed by atoms with Crippen molar-refractivity contribution in [3.8, 4) is 0 Å².